The smallest absolute Gasteiger partial charge is 0.356 e. The number of aryl methyl sites for hydroxylation is 1. The summed E-state index contributed by atoms with van der Waals surface area (Å²) in [4.78, 5) is 23.5. The van der Waals surface area contributed by atoms with Crippen LogP contribution in [0, 0.1) is 0 Å². The molecule has 0 bridgehead atoms. The van der Waals surface area contributed by atoms with E-state index in [9.17, 15) is 14.7 Å². The molecule has 2 aromatic heterocycles. The van der Waals surface area contributed by atoms with Crippen LogP contribution in [0.3, 0.4) is 0 Å². The highest BCUT2D eigenvalue weighted by molar-refractivity contribution is 6.37. The van der Waals surface area contributed by atoms with Crippen LogP contribution in [0.4, 0.5) is 5.69 Å². The molecule has 0 saturated carbocycles. The zero-order valence-electron chi connectivity index (χ0n) is 13.9. The van der Waals surface area contributed by atoms with Crippen molar-refractivity contribution in [2.45, 2.75) is 6.73 Å². The second-order valence-electron chi connectivity index (χ2n) is 5.35. The summed E-state index contributed by atoms with van der Waals surface area (Å²) < 4.78 is 8.05. The molecule has 140 valence electrons. The van der Waals surface area contributed by atoms with Gasteiger partial charge in [-0.3, -0.25) is 9.48 Å². The van der Waals surface area contributed by atoms with Crippen LogP contribution in [-0.2, 0) is 13.8 Å². The average molecular weight is 410 g/mol. The van der Waals surface area contributed by atoms with Crippen molar-refractivity contribution < 1.29 is 19.4 Å². The fraction of sp³-hybridized carbons (Fsp3) is 0.125. The summed E-state index contributed by atoms with van der Waals surface area (Å²) in [6.07, 6.45) is 2.78. The predicted octanol–water partition coefficient (Wildman–Crippen LogP) is 2.91. The summed E-state index contributed by atoms with van der Waals surface area (Å²) in [6.45, 7) is -0.0238. The molecule has 1 amide bonds. The highest BCUT2D eigenvalue weighted by Crippen LogP contribution is 2.32. The number of nitrogens with zero attached hydrogens (tertiary/aromatic N) is 4. The summed E-state index contributed by atoms with van der Waals surface area (Å²) in [5.41, 5.74) is 0.00664. The Morgan fingerprint density at radius 1 is 1.26 bits per heavy atom. The zero-order valence-corrected chi connectivity index (χ0v) is 15.4. The van der Waals surface area contributed by atoms with Crippen molar-refractivity contribution in [3.8, 4) is 5.75 Å². The number of carbonyl (C=O) groups is 2. The molecule has 3 aromatic rings. The van der Waals surface area contributed by atoms with Gasteiger partial charge in [0, 0.05) is 13.2 Å². The molecule has 27 heavy (non-hydrogen) atoms. The van der Waals surface area contributed by atoms with Crippen molar-refractivity contribution in [1.82, 2.24) is 19.6 Å². The Balaban J connectivity index is 1.69. The quantitative estimate of drug-likeness (QED) is 0.647. The minimum atomic E-state index is -1.21. The monoisotopic (exact) mass is 409 g/mol. The summed E-state index contributed by atoms with van der Waals surface area (Å²) in [5, 5.41) is 20.3. The first-order valence-electron chi connectivity index (χ1n) is 7.53. The largest absolute Gasteiger partial charge is 0.476 e. The molecule has 0 aliphatic heterocycles. The number of para-hydroxylation sites is 1. The Bertz CT molecular complexity index is 994. The van der Waals surface area contributed by atoms with Crippen LogP contribution in [0.1, 0.15) is 21.0 Å². The number of carboxylic acid groups (broad SMARTS) is 1. The van der Waals surface area contributed by atoms with Crippen LogP contribution in [0.5, 0.6) is 5.75 Å². The van der Waals surface area contributed by atoms with E-state index < -0.39 is 11.9 Å². The van der Waals surface area contributed by atoms with Crippen molar-refractivity contribution in [2.24, 2.45) is 7.05 Å². The van der Waals surface area contributed by atoms with Gasteiger partial charge in [0.05, 0.1) is 21.9 Å². The van der Waals surface area contributed by atoms with E-state index in [4.69, 9.17) is 27.9 Å². The number of rotatable bonds is 6. The number of ether oxygens (including phenoxy) is 1. The van der Waals surface area contributed by atoms with Gasteiger partial charge in [0.15, 0.2) is 23.9 Å². The number of aromatic carboxylic acids is 1. The second-order valence-corrected chi connectivity index (χ2v) is 6.17. The second kappa shape index (κ2) is 7.68. The van der Waals surface area contributed by atoms with Crippen molar-refractivity contribution in [1.29, 1.82) is 0 Å². The molecule has 0 radical (unpaired) electrons. The third-order valence-corrected chi connectivity index (χ3v) is 4.12. The maximum absolute atomic E-state index is 12.3. The highest BCUT2D eigenvalue weighted by atomic mass is 35.5. The molecule has 0 atom stereocenters. The van der Waals surface area contributed by atoms with Gasteiger partial charge in [-0.2, -0.15) is 10.2 Å². The SMILES string of the molecule is Cn1ncc(NC(=O)c2ccn(COc3c(Cl)cccc3Cl)n2)c1C(=O)O. The Hall–Kier alpha value is -3.04. The van der Waals surface area contributed by atoms with E-state index in [1.54, 1.807) is 18.2 Å². The fourth-order valence-corrected chi connectivity index (χ4v) is 2.78. The number of carboxylic acids is 1. The molecule has 2 heterocycles. The fourth-order valence-electron chi connectivity index (χ4n) is 2.27. The number of carbonyl (C=O) groups excluding carboxylic acids is 1. The molecule has 11 heteroatoms. The number of nitrogens with one attached hydrogen (secondary N) is 1. The van der Waals surface area contributed by atoms with Crippen LogP contribution in [0.25, 0.3) is 0 Å². The van der Waals surface area contributed by atoms with E-state index in [0.29, 0.717) is 15.8 Å². The average Bonchev–Trinajstić information content (AvgIpc) is 3.21. The maximum atomic E-state index is 12.3. The molecule has 0 unspecified atom stereocenters. The predicted molar refractivity (Wildman–Crippen MR) is 97.4 cm³/mol. The van der Waals surface area contributed by atoms with Gasteiger partial charge in [0.1, 0.15) is 0 Å². The highest BCUT2D eigenvalue weighted by Gasteiger charge is 2.19. The molecule has 3 rings (SSSR count). The van der Waals surface area contributed by atoms with Crippen LogP contribution in [0.15, 0.2) is 36.7 Å². The van der Waals surface area contributed by atoms with Crippen molar-refractivity contribution in [3.05, 3.63) is 58.1 Å². The molecule has 1 aromatic carbocycles. The first-order chi connectivity index (χ1) is 12.9. The zero-order chi connectivity index (χ0) is 19.6. The maximum Gasteiger partial charge on any atom is 0.356 e. The number of anilines is 1. The summed E-state index contributed by atoms with van der Waals surface area (Å²) in [5.74, 6) is -1.48. The van der Waals surface area contributed by atoms with Gasteiger partial charge in [-0.05, 0) is 18.2 Å². The minimum absolute atomic E-state index is 0.0238. The Labute approximate surface area is 163 Å². The lowest BCUT2D eigenvalue weighted by Crippen LogP contribution is -2.16. The van der Waals surface area contributed by atoms with E-state index in [2.05, 4.69) is 15.5 Å². The standard InChI is InChI=1S/C16H13Cl2N5O4/c1-22-13(16(25)26)12(7-19-22)20-15(24)11-5-6-23(21-11)8-27-14-9(17)3-2-4-10(14)18/h2-7H,8H2,1H3,(H,20,24)(H,25,26). The molecular weight excluding hydrogens is 397 g/mol. The van der Waals surface area contributed by atoms with E-state index >= 15 is 0 Å². The Kier molecular flexibility index (Phi) is 5.33. The first-order valence-corrected chi connectivity index (χ1v) is 8.29. The number of amides is 1. The van der Waals surface area contributed by atoms with Gasteiger partial charge in [0.25, 0.3) is 5.91 Å². The lowest BCUT2D eigenvalue weighted by Gasteiger charge is -2.09. The number of halogens is 2. The number of hydrogen-bond acceptors (Lipinski definition) is 5. The van der Waals surface area contributed by atoms with Crippen molar-refractivity contribution in [3.63, 3.8) is 0 Å². The van der Waals surface area contributed by atoms with Crippen molar-refractivity contribution in [2.75, 3.05) is 5.32 Å². The number of benzene rings is 1. The molecule has 0 aliphatic carbocycles. The van der Waals surface area contributed by atoms with Gasteiger partial charge >= 0.3 is 5.97 Å². The molecule has 2 N–H and O–H groups in total. The number of hydrogen-bond donors (Lipinski definition) is 2. The van der Waals surface area contributed by atoms with Crippen LogP contribution >= 0.6 is 23.2 Å². The molecule has 0 fully saturated rings. The summed E-state index contributed by atoms with van der Waals surface area (Å²) in [6, 6.07) is 6.43. The van der Waals surface area contributed by atoms with Gasteiger partial charge in [-0.25, -0.2) is 9.48 Å². The minimum Gasteiger partial charge on any atom is -0.476 e. The topological polar surface area (TPSA) is 111 Å². The van der Waals surface area contributed by atoms with E-state index in [-0.39, 0.29) is 23.8 Å². The van der Waals surface area contributed by atoms with Crippen LogP contribution < -0.4 is 10.1 Å². The normalized spacial score (nSPS) is 10.6. The molecule has 0 aliphatic rings. The van der Waals surface area contributed by atoms with Gasteiger partial charge < -0.3 is 15.2 Å². The van der Waals surface area contributed by atoms with Gasteiger partial charge in [0.2, 0.25) is 0 Å². The van der Waals surface area contributed by atoms with E-state index in [1.165, 1.54) is 30.2 Å². The number of aromatic nitrogens is 4. The third-order valence-electron chi connectivity index (χ3n) is 3.52. The van der Waals surface area contributed by atoms with Gasteiger partial charge in [-0.15, -0.1) is 0 Å². The molecular formula is C16H13Cl2N5O4. The van der Waals surface area contributed by atoms with E-state index in [1.807, 2.05) is 0 Å². The van der Waals surface area contributed by atoms with Gasteiger partial charge in [-0.1, -0.05) is 29.3 Å². The van der Waals surface area contributed by atoms with Crippen LogP contribution in [0.2, 0.25) is 10.0 Å². The first kappa shape index (κ1) is 18.7. The lowest BCUT2D eigenvalue weighted by molar-refractivity contribution is 0.0686. The van der Waals surface area contributed by atoms with Crippen LogP contribution in [-0.4, -0.2) is 36.5 Å². The summed E-state index contributed by atoms with van der Waals surface area (Å²) >= 11 is 12.0. The summed E-state index contributed by atoms with van der Waals surface area (Å²) in [7, 11) is 1.46. The van der Waals surface area contributed by atoms with Crippen molar-refractivity contribution >= 4 is 40.8 Å². The Morgan fingerprint density at radius 2 is 1.96 bits per heavy atom. The lowest BCUT2D eigenvalue weighted by atomic mass is 10.3. The molecule has 9 nitrogen and oxygen atoms in total. The third kappa shape index (κ3) is 4.04. The Morgan fingerprint density at radius 3 is 2.63 bits per heavy atom. The molecule has 0 spiro atoms. The molecule has 0 saturated heterocycles. The van der Waals surface area contributed by atoms with E-state index in [0.717, 1.165) is 4.68 Å².